The van der Waals surface area contributed by atoms with Crippen LogP contribution < -0.4 is 5.32 Å². The summed E-state index contributed by atoms with van der Waals surface area (Å²) in [6.45, 7) is 3.44. The van der Waals surface area contributed by atoms with Crippen molar-refractivity contribution in [1.29, 1.82) is 0 Å². The predicted octanol–water partition coefficient (Wildman–Crippen LogP) is 5.76. The summed E-state index contributed by atoms with van der Waals surface area (Å²) in [5, 5.41) is 14.0. The molecular formula is C26H27ClN4. The summed E-state index contributed by atoms with van der Waals surface area (Å²) >= 11 is 6.34. The zero-order chi connectivity index (χ0) is 21.5. The fourth-order valence-corrected chi connectivity index (χ4v) is 3.77. The van der Waals surface area contributed by atoms with Crippen molar-refractivity contribution in [2.75, 3.05) is 0 Å². The minimum atomic E-state index is 0.373. The molecule has 0 radical (unpaired) electrons. The van der Waals surface area contributed by atoms with Crippen LogP contribution in [0.1, 0.15) is 30.2 Å². The van der Waals surface area contributed by atoms with Gasteiger partial charge < -0.3 is 5.32 Å². The van der Waals surface area contributed by atoms with Gasteiger partial charge in [0.25, 0.3) is 0 Å². The van der Waals surface area contributed by atoms with Crippen LogP contribution in [0.4, 0.5) is 0 Å². The van der Waals surface area contributed by atoms with Crippen LogP contribution in [0.3, 0.4) is 0 Å². The van der Waals surface area contributed by atoms with Crippen LogP contribution in [-0.2, 0) is 19.5 Å². The molecule has 5 heteroatoms. The number of benzene rings is 3. The molecule has 0 aliphatic rings. The van der Waals surface area contributed by atoms with Crippen LogP contribution in [0.2, 0.25) is 5.02 Å². The van der Waals surface area contributed by atoms with Crippen molar-refractivity contribution in [3.63, 3.8) is 0 Å². The van der Waals surface area contributed by atoms with E-state index in [0.29, 0.717) is 19.1 Å². The number of nitrogens with one attached hydrogen (secondary N) is 1. The first-order valence-corrected chi connectivity index (χ1v) is 11.1. The van der Waals surface area contributed by atoms with Gasteiger partial charge in [-0.1, -0.05) is 90.5 Å². The molecule has 0 saturated carbocycles. The van der Waals surface area contributed by atoms with E-state index in [4.69, 9.17) is 21.8 Å². The Morgan fingerprint density at radius 2 is 1.55 bits per heavy atom. The van der Waals surface area contributed by atoms with E-state index >= 15 is 0 Å². The molecule has 1 atom stereocenters. The average Bonchev–Trinajstić information content (AvgIpc) is 3.22. The van der Waals surface area contributed by atoms with Crippen molar-refractivity contribution >= 4 is 11.6 Å². The van der Waals surface area contributed by atoms with Gasteiger partial charge in [0.2, 0.25) is 0 Å². The fourth-order valence-electron chi connectivity index (χ4n) is 3.57. The van der Waals surface area contributed by atoms with Gasteiger partial charge >= 0.3 is 0 Å². The summed E-state index contributed by atoms with van der Waals surface area (Å²) in [7, 11) is 0. The number of nitrogens with zero attached hydrogens (tertiary/aromatic N) is 3. The van der Waals surface area contributed by atoms with E-state index in [0.717, 1.165) is 40.4 Å². The highest BCUT2D eigenvalue weighted by Gasteiger charge is 2.15. The van der Waals surface area contributed by atoms with Crippen LogP contribution in [0.15, 0.2) is 84.9 Å². The van der Waals surface area contributed by atoms with Crippen molar-refractivity contribution in [2.24, 2.45) is 0 Å². The SMILES string of the molecule is C[C@H](CCc1ccccc1)NCc1nn(Cc2ccccc2Cl)nc1-c1ccccc1. The molecule has 0 unspecified atom stereocenters. The maximum Gasteiger partial charge on any atom is 0.117 e. The van der Waals surface area contributed by atoms with Crippen molar-refractivity contribution < 1.29 is 0 Å². The Morgan fingerprint density at radius 1 is 0.871 bits per heavy atom. The molecule has 31 heavy (non-hydrogen) atoms. The van der Waals surface area contributed by atoms with E-state index in [1.807, 2.05) is 42.5 Å². The highest BCUT2D eigenvalue weighted by Crippen LogP contribution is 2.22. The Balaban J connectivity index is 1.47. The molecule has 3 aromatic carbocycles. The van der Waals surface area contributed by atoms with Gasteiger partial charge in [-0.15, -0.1) is 0 Å². The van der Waals surface area contributed by atoms with E-state index in [1.54, 1.807) is 4.80 Å². The topological polar surface area (TPSA) is 42.7 Å². The third-order valence-corrected chi connectivity index (χ3v) is 5.74. The van der Waals surface area contributed by atoms with Crippen LogP contribution in [0.5, 0.6) is 0 Å². The molecule has 4 aromatic rings. The number of rotatable bonds is 9. The molecule has 0 bridgehead atoms. The lowest BCUT2D eigenvalue weighted by atomic mass is 10.1. The minimum absolute atomic E-state index is 0.373. The number of hydrogen-bond acceptors (Lipinski definition) is 3. The van der Waals surface area contributed by atoms with Gasteiger partial charge in [-0.2, -0.15) is 15.0 Å². The molecule has 0 aliphatic heterocycles. The van der Waals surface area contributed by atoms with E-state index in [2.05, 4.69) is 54.7 Å². The number of hydrogen-bond donors (Lipinski definition) is 1. The van der Waals surface area contributed by atoms with Crippen molar-refractivity contribution in [3.8, 4) is 11.3 Å². The summed E-state index contributed by atoms with van der Waals surface area (Å²) in [4.78, 5) is 1.75. The predicted molar refractivity (Wildman–Crippen MR) is 127 cm³/mol. The van der Waals surface area contributed by atoms with Crippen LogP contribution in [-0.4, -0.2) is 21.0 Å². The Labute approximate surface area is 188 Å². The van der Waals surface area contributed by atoms with E-state index in [9.17, 15) is 0 Å². The lowest BCUT2D eigenvalue weighted by Crippen LogP contribution is -2.26. The number of aromatic nitrogens is 3. The standard InChI is InChI=1S/C26H27ClN4/c1-20(16-17-21-10-4-2-5-11-21)28-18-25-26(22-12-6-3-7-13-22)30-31(29-25)19-23-14-8-9-15-24(23)27/h2-15,20,28H,16-19H2,1H3/t20-/m1/s1. The van der Waals surface area contributed by atoms with Crippen molar-refractivity contribution in [2.45, 2.75) is 38.9 Å². The molecular weight excluding hydrogens is 404 g/mol. The molecule has 0 fully saturated rings. The maximum absolute atomic E-state index is 6.34. The van der Waals surface area contributed by atoms with Gasteiger partial charge in [-0.3, -0.25) is 0 Å². The summed E-state index contributed by atoms with van der Waals surface area (Å²) in [6, 6.07) is 29.0. The number of halogens is 1. The Hall–Kier alpha value is -2.95. The Bertz CT molecular complexity index is 1090. The van der Waals surface area contributed by atoms with Gasteiger partial charge in [0.05, 0.1) is 6.54 Å². The summed E-state index contributed by atoms with van der Waals surface area (Å²) in [5.74, 6) is 0. The third-order valence-electron chi connectivity index (χ3n) is 5.37. The van der Waals surface area contributed by atoms with Crippen molar-refractivity contribution in [3.05, 3.63) is 107 Å². The van der Waals surface area contributed by atoms with Crippen molar-refractivity contribution in [1.82, 2.24) is 20.3 Å². The molecule has 1 N–H and O–H groups in total. The lowest BCUT2D eigenvalue weighted by Gasteiger charge is -2.13. The average molecular weight is 431 g/mol. The largest absolute Gasteiger partial charge is 0.309 e. The molecule has 1 aromatic heterocycles. The maximum atomic E-state index is 6.34. The molecule has 0 amide bonds. The zero-order valence-electron chi connectivity index (χ0n) is 17.7. The molecule has 4 nitrogen and oxygen atoms in total. The first-order valence-electron chi connectivity index (χ1n) is 10.7. The fraction of sp³-hybridized carbons (Fsp3) is 0.231. The lowest BCUT2D eigenvalue weighted by molar-refractivity contribution is 0.503. The minimum Gasteiger partial charge on any atom is -0.309 e. The summed E-state index contributed by atoms with van der Waals surface area (Å²) in [5.41, 5.74) is 5.31. The van der Waals surface area contributed by atoms with Crippen LogP contribution in [0, 0.1) is 0 Å². The first kappa shape index (κ1) is 21.3. The van der Waals surface area contributed by atoms with Gasteiger partial charge in [0.15, 0.2) is 0 Å². The second kappa shape index (κ2) is 10.4. The molecule has 0 spiro atoms. The van der Waals surface area contributed by atoms with E-state index in [-0.39, 0.29) is 0 Å². The smallest absolute Gasteiger partial charge is 0.117 e. The molecule has 0 aliphatic carbocycles. The second-order valence-corrected chi connectivity index (χ2v) is 8.20. The normalized spacial score (nSPS) is 12.1. The molecule has 4 rings (SSSR count). The highest BCUT2D eigenvalue weighted by molar-refractivity contribution is 6.31. The summed E-state index contributed by atoms with van der Waals surface area (Å²) < 4.78 is 0. The molecule has 0 saturated heterocycles. The third kappa shape index (κ3) is 5.81. The van der Waals surface area contributed by atoms with Gasteiger partial charge in [0.1, 0.15) is 11.4 Å². The quantitative estimate of drug-likeness (QED) is 0.367. The molecule has 1 heterocycles. The van der Waals surface area contributed by atoms with Gasteiger partial charge in [-0.05, 0) is 37.0 Å². The second-order valence-electron chi connectivity index (χ2n) is 7.79. The van der Waals surface area contributed by atoms with Crippen LogP contribution in [0.25, 0.3) is 11.3 Å². The first-order chi connectivity index (χ1) is 15.2. The highest BCUT2D eigenvalue weighted by atomic mass is 35.5. The summed E-state index contributed by atoms with van der Waals surface area (Å²) in [6.07, 6.45) is 2.12. The van der Waals surface area contributed by atoms with Crippen LogP contribution >= 0.6 is 11.6 Å². The number of aryl methyl sites for hydroxylation is 1. The Morgan fingerprint density at radius 3 is 2.29 bits per heavy atom. The van der Waals surface area contributed by atoms with Gasteiger partial charge in [0, 0.05) is 23.2 Å². The molecule has 158 valence electrons. The van der Waals surface area contributed by atoms with E-state index in [1.165, 1.54) is 5.56 Å². The Kier molecular flexibility index (Phi) is 7.13. The van der Waals surface area contributed by atoms with Gasteiger partial charge in [-0.25, -0.2) is 0 Å². The monoisotopic (exact) mass is 430 g/mol. The zero-order valence-corrected chi connectivity index (χ0v) is 18.5. The van der Waals surface area contributed by atoms with E-state index < -0.39 is 0 Å².